The molecule has 14 heavy (non-hydrogen) atoms. The highest BCUT2D eigenvalue weighted by Gasteiger charge is 2.24. The lowest BCUT2D eigenvalue weighted by Gasteiger charge is -2.29. The Hall–Kier alpha value is -0.660. The van der Waals surface area contributed by atoms with Crippen molar-refractivity contribution in [2.45, 2.75) is 6.10 Å². The highest BCUT2D eigenvalue weighted by Crippen LogP contribution is 2.05. The Balaban J connectivity index is 2.37. The minimum Gasteiger partial charge on any atom is -0.364 e. The first kappa shape index (κ1) is 11.4. The fourth-order valence-electron chi connectivity index (χ4n) is 1.06. The van der Waals surface area contributed by atoms with Gasteiger partial charge in [0.15, 0.2) is 0 Å². The maximum Gasteiger partial charge on any atom is 0.264 e. The molecule has 1 unspecified atom stereocenters. The molecule has 0 spiro atoms. The van der Waals surface area contributed by atoms with E-state index in [0.29, 0.717) is 6.54 Å². The van der Waals surface area contributed by atoms with E-state index in [1.807, 2.05) is 0 Å². The highest BCUT2D eigenvalue weighted by molar-refractivity contribution is 7.85. The van der Waals surface area contributed by atoms with Gasteiger partial charge in [-0.25, -0.2) is 0 Å². The van der Waals surface area contributed by atoms with Crippen LogP contribution in [-0.4, -0.2) is 58.4 Å². The van der Waals surface area contributed by atoms with Gasteiger partial charge in [0.2, 0.25) is 5.91 Å². The van der Waals surface area contributed by atoms with E-state index in [4.69, 9.17) is 4.74 Å². The Morgan fingerprint density at radius 3 is 2.79 bits per heavy atom. The van der Waals surface area contributed by atoms with Crippen LogP contribution in [0.3, 0.4) is 0 Å². The van der Waals surface area contributed by atoms with E-state index in [-0.39, 0.29) is 25.2 Å². The molecule has 0 saturated carbocycles. The molecule has 0 bridgehead atoms. The maximum absolute atomic E-state index is 11.0. The summed E-state index contributed by atoms with van der Waals surface area (Å²) in [7, 11) is -1.80. The van der Waals surface area contributed by atoms with E-state index in [1.165, 1.54) is 4.90 Å². The SMILES string of the molecule is CN1CC(COS(C)(=O)=O)OCC1=O. The lowest BCUT2D eigenvalue weighted by molar-refractivity contribution is -0.148. The van der Waals surface area contributed by atoms with Gasteiger partial charge < -0.3 is 9.64 Å². The molecule has 0 aliphatic carbocycles. The van der Waals surface area contributed by atoms with Gasteiger partial charge in [-0.15, -0.1) is 0 Å². The zero-order valence-corrected chi connectivity index (χ0v) is 8.91. The zero-order valence-electron chi connectivity index (χ0n) is 8.10. The number of nitrogens with zero attached hydrogens (tertiary/aromatic N) is 1. The molecule has 6 nitrogen and oxygen atoms in total. The fourth-order valence-corrected chi connectivity index (χ4v) is 1.46. The lowest BCUT2D eigenvalue weighted by Crippen LogP contribution is -2.46. The smallest absolute Gasteiger partial charge is 0.264 e. The minimum atomic E-state index is -3.44. The molecule has 1 saturated heterocycles. The van der Waals surface area contributed by atoms with Crippen molar-refractivity contribution >= 4 is 16.0 Å². The quantitative estimate of drug-likeness (QED) is 0.563. The molecule has 1 rings (SSSR count). The molecule has 1 aliphatic heterocycles. The molecule has 82 valence electrons. The molecule has 0 radical (unpaired) electrons. The number of rotatable bonds is 3. The molecular formula is C7H13NO5S. The normalized spacial score (nSPS) is 24.0. The third-order valence-electron chi connectivity index (χ3n) is 1.81. The van der Waals surface area contributed by atoms with Crippen LogP contribution in [0.4, 0.5) is 0 Å². The van der Waals surface area contributed by atoms with Crippen LogP contribution in [0.25, 0.3) is 0 Å². The van der Waals surface area contributed by atoms with E-state index in [1.54, 1.807) is 7.05 Å². The average Bonchev–Trinajstić information content (AvgIpc) is 2.06. The van der Waals surface area contributed by atoms with Crippen molar-refractivity contribution in [2.24, 2.45) is 0 Å². The van der Waals surface area contributed by atoms with Crippen molar-refractivity contribution in [3.63, 3.8) is 0 Å². The standard InChI is InChI=1S/C7H13NO5S/c1-8-3-6(12-5-7(8)9)4-13-14(2,10)11/h6H,3-5H2,1-2H3. The van der Waals surface area contributed by atoms with Crippen LogP contribution in [0.15, 0.2) is 0 Å². The van der Waals surface area contributed by atoms with Crippen LogP contribution in [0.5, 0.6) is 0 Å². The van der Waals surface area contributed by atoms with Crippen molar-refractivity contribution in [1.29, 1.82) is 0 Å². The van der Waals surface area contributed by atoms with Gasteiger partial charge in [0.25, 0.3) is 10.1 Å². The summed E-state index contributed by atoms with van der Waals surface area (Å²) in [6.07, 6.45) is 0.609. The summed E-state index contributed by atoms with van der Waals surface area (Å²) in [5, 5.41) is 0. The average molecular weight is 223 g/mol. The lowest BCUT2D eigenvalue weighted by atomic mass is 10.3. The second-order valence-corrected chi connectivity index (χ2v) is 4.84. The van der Waals surface area contributed by atoms with Gasteiger partial charge in [0.05, 0.1) is 12.9 Å². The topological polar surface area (TPSA) is 72.9 Å². The molecule has 1 atom stereocenters. The van der Waals surface area contributed by atoms with Crippen LogP contribution in [0.2, 0.25) is 0 Å². The van der Waals surface area contributed by atoms with Crippen molar-refractivity contribution in [3.05, 3.63) is 0 Å². The van der Waals surface area contributed by atoms with E-state index in [9.17, 15) is 13.2 Å². The molecule has 0 N–H and O–H groups in total. The van der Waals surface area contributed by atoms with Gasteiger partial charge in [-0.3, -0.25) is 8.98 Å². The van der Waals surface area contributed by atoms with Gasteiger partial charge in [-0.2, -0.15) is 8.42 Å². The second kappa shape index (κ2) is 4.24. The summed E-state index contributed by atoms with van der Waals surface area (Å²) >= 11 is 0. The number of hydrogen-bond donors (Lipinski definition) is 0. The van der Waals surface area contributed by atoms with E-state index in [2.05, 4.69) is 4.18 Å². The Labute approximate surface area is 82.9 Å². The number of likely N-dealkylation sites (N-methyl/N-ethyl adjacent to an activating group) is 1. The van der Waals surface area contributed by atoms with E-state index < -0.39 is 10.1 Å². The molecule has 1 heterocycles. The van der Waals surface area contributed by atoms with E-state index in [0.717, 1.165) is 6.26 Å². The van der Waals surface area contributed by atoms with Gasteiger partial charge in [-0.05, 0) is 0 Å². The van der Waals surface area contributed by atoms with Gasteiger partial charge in [0.1, 0.15) is 12.7 Å². The van der Waals surface area contributed by atoms with Crippen molar-refractivity contribution in [2.75, 3.05) is 33.1 Å². The van der Waals surface area contributed by atoms with Crippen molar-refractivity contribution in [3.8, 4) is 0 Å². The van der Waals surface area contributed by atoms with E-state index >= 15 is 0 Å². The Bertz CT molecular complexity index is 312. The summed E-state index contributed by atoms with van der Waals surface area (Å²) in [5.41, 5.74) is 0. The molecule has 0 aromatic carbocycles. The number of carbonyl (C=O) groups is 1. The second-order valence-electron chi connectivity index (χ2n) is 3.20. The summed E-state index contributed by atoms with van der Waals surface area (Å²) in [6.45, 7) is 0.291. The van der Waals surface area contributed by atoms with Gasteiger partial charge >= 0.3 is 0 Å². The first-order valence-corrected chi connectivity index (χ1v) is 5.90. The Morgan fingerprint density at radius 2 is 2.29 bits per heavy atom. The molecule has 1 aliphatic rings. The van der Waals surface area contributed by atoms with Crippen LogP contribution >= 0.6 is 0 Å². The zero-order chi connectivity index (χ0) is 10.8. The summed E-state index contributed by atoms with van der Waals surface area (Å²) in [6, 6.07) is 0. The highest BCUT2D eigenvalue weighted by atomic mass is 32.2. The number of morpholine rings is 1. The molecule has 0 aromatic rings. The predicted octanol–water partition coefficient (Wildman–Crippen LogP) is -1.18. The van der Waals surface area contributed by atoms with Crippen molar-refractivity contribution < 1.29 is 22.1 Å². The summed E-state index contributed by atoms with van der Waals surface area (Å²) in [5.74, 6) is -0.111. The Morgan fingerprint density at radius 1 is 1.64 bits per heavy atom. The molecule has 0 aromatic heterocycles. The number of hydrogen-bond acceptors (Lipinski definition) is 5. The number of carbonyl (C=O) groups excluding carboxylic acids is 1. The van der Waals surface area contributed by atoms with Crippen LogP contribution < -0.4 is 0 Å². The maximum atomic E-state index is 11.0. The van der Waals surface area contributed by atoms with Gasteiger partial charge in [0, 0.05) is 13.6 Å². The van der Waals surface area contributed by atoms with Gasteiger partial charge in [-0.1, -0.05) is 0 Å². The fraction of sp³-hybridized carbons (Fsp3) is 0.857. The Kier molecular flexibility index (Phi) is 3.46. The molecule has 1 fully saturated rings. The van der Waals surface area contributed by atoms with Crippen LogP contribution in [-0.2, 0) is 23.8 Å². The first-order valence-electron chi connectivity index (χ1n) is 4.08. The molecule has 1 amide bonds. The third kappa shape index (κ3) is 3.60. The van der Waals surface area contributed by atoms with Crippen molar-refractivity contribution in [1.82, 2.24) is 4.90 Å². The third-order valence-corrected chi connectivity index (χ3v) is 2.38. The van der Waals surface area contributed by atoms with Crippen LogP contribution in [0.1, 0.15) is 0 Å². The largest absolute Gasteiger partial charge is 0.364 e. The number of amides is 1. The minimum absolute atomic E-state index is 0.0196. The molecule has 7 heteroatoms. The monoisotopic (exact) mass is 223 g/mol. The molecular weight excluding hydrogens is 210 g/mol. The summed E-state index contributed by atoms with van der Waals surface area (Å²) in [4.78, 5) is 12.5. The van der Waals surface area contributed by atoms with Crippen LogP contribution in [0, 0.1) is 0 Å². The first-order chi connectivity index (χ1) is 6.38. The summed E-state index contributed by atoms with van der Waals surface area (Å²) < 4.78 is 31.0. The predicted molar refractivity (Wildman–Crippen MR) is 48.2 cm³/mol. The number of ether oxygens (including phenoxy) is 1.